The van der Waals surface area contributed by atoms with Crippen molar-refractivity contribution in [1.29, 1.82) is 0 Å². The minimum atomic E-state index is -0.263. The van der Waals surface area contributed by atoms with E-state index in [2.05, 4.69) is 26.7 Å². The summed E-state index contributed by atoms with van der Waals surface area (Å²) >= 11 is 6.15. The molecule has 0 bridgehead atoms. The van der Waals surface area contributed by atoms with Gasteiger partial charge in [0.1, 0.15) is 12.1 Å². The molecule has 5 rings (SSSR count). The van der Waals surface area contributed by atoms with Crippen molar-refractivity contribution in [3.05, 3.63) is 52.4 Å². The van der Waals surface area contributed by atoms with E-state index in [0.717, 1.165) is 50.4 Å². The quantitative estimate of drug-likeness (QED) is 0.616. The number of halogens is 1. The number of rotatable bonds is 5. The monoisotopic (exact) mass is 510 g/mol. The summed E-state index contributed by atoms with van der Waals surface area (Å²) in [5, 5.41) is 0.667. The highest BCUT2D eigenvalue weighted by molar-refractivity contribution is 6.30. The van der Waals surface area contributed by atoms with Crippen LogP contribution >= 0.6 is 11.6 Å². The van der Waals surface area contributed by atoms with Crippen LogP contribution in [0.2, 0.25) is 5.02 Å². The zero-order valence-electron chi connectivity index (χ0n) is 21.2. The zero-order valence-corrected chi connectivity index (χ0v) is 22.0. The fourth-order valence-electron chi connectivity index (χ4n) is 5.76. The summed E-state index contributed by atoms with van der Waals surface area (Å²) in [5.74, 6) is 1.54. The third-order valence-corrected chi connectivity index (χ3v) is 8.22. The molecule has 0 unspecified atom stereocenters. The lowest BCUT2D eigenvalue weighted by Gasteiger charge is -2.40. The molecule has 9 heteroatoms. The van der Waals surface area contributed by atoms with Crippen molar-refractivity contribution in [2.45, 2.75) is 38.5 Å². The fraction of sp³-hybridized carbons (Fsp3) is 0.556. The van der Waals surface area contributed by atoms with Gasteiger partial charge in [-0.05, 0) is 36.5 Å². The Morgan fingerprint density at radius 1 is 0.972 bits per heavy atom. The van der Waals surface area contributed by atoms with E-state index in [1.165, 1.54) is 11.3 Å². The van der Waals surface area contributed by atoms with Crippen LogP contribution in [0.4, 0.5) is 5.82 Å². The minimum absolute atomic E-state index is 0.113. The van der Waals surface area contributed by atoms with Crippen LogP contribution < -0.4 is 4.90 Å². The third kappa shape index (κ3) is 5.20. The second-order valence-electron chi connectivity index (χ2n) is 10.2. The van der Waals surface area contributed by atoms with E-state index in [-0.39, 0.29) is 17.7 Å². The van der Waals surface area contributed by atoms with E-state index in [4.69, 9.17) is 11.6 Å². The number of fused-ring (bicyclic) bond motifs is 1. The Hall–Kier alpha value is -2.71. The number of nitrogens with zero attached hydrogens (tertiary/aromatic N) is 6. The van der Waals surface area contributed by atoms with Crippen LogP contribution in [-0.2, 0) is 16.0 Å². The van der Waals surface area contributed by atoms with Crippen LogP contribution in [0, 0.1) is 0 Å². The average molecular weight is 511 g/mol. The molecule has 3 heterocycles. The molecule has 2 fully saturated rings. The Morgan fingerprint density at radius 2 is 1.64 bits per heavy atom. The normalized spacial score (nSPS) is 21.4. The second kappa shape index (κ2) is 10.7. The Morgan fingerprint density at radius 3 is 2.31 bits per heavy atom. The smallest absolute Gasteiger partial charge is 0.231 e. The molecule has 2 amide bonds. The number of aryl methyl sites for hydroxylation is 1. The molecule has 3 aliphatic rings. The van der Waals surface area contributed by atoms with Gasteiger partial charge in [-0.1, -0.05) is 30.7 Å². The fourth-order valence-corrected chi connectivity index (χ4v) is 5.88. The molecule has 8 nitrogen and oxygen atoms in total. The van der Waals surface area contributed by atoms with Gasteiger partial charge in [0.25, 0.3) is 0 Å². The van der Waals surface area contributed by atoms with E-state index >= 15 is 0 Å². The molecule has 0 N–H and O–H groups in total. The molecule has 1 aliphatic carbocycles. The van der Waals surface area contributed by atoms with Crippen LogP contribution in [-0.4, -0.2) is 95.4 Å². The van der Waals surface area contributed by atoms with Crippen molar-refractivity contribution in [1.82, 2.24) is 24.7 Å². The van der Waals surface area contributed by atoms with Crippen LogP contribution in [0.3, 0.4) is 0 Å². The lowest BCUT2D eigenvalue weighted by atomic mass is 9.96. The van der Waals surface area contributed by atoms with Gasteiger partial charge in [-0.2, -0.15) is 0 Å². The topological polar surface area (TPSA) is 72.9 Å². The molecule has 0 spiro atoms. The molecule has 2 aromatic rings. The summed E-state index contributed by atoms with van der Waals surface area (Å²) in [4.78, 5) is 43.3. The van der Waals surface area contributed by atoms with Gasteiger partial charge in [-0.25, -0.2) is 9.97 Å². The number of anilines is 1. The molecule has 2 saturated heterocycles. The SMILES string of the molecule is CC(=O)N1CCN(C[C@H](C(=O)N2CCN(c3ncnc4c3[C@H](C)CC4)CC2)c2ccc(Cl)cc2)CC1. The maximum atomic E-state index is 13.9. The van der Waals surface area contributed by atoms with Gasteiger partial charge in [0.2, 0.25) is 11.8 Å². The van der Waals surface area contributed by atoms with Gasteiger partial charge in [-0.3, -0.25) is 14.5 Å². The molecular formula is C27H35ClN6O2. The van der Waals surface area contributed by atoms with Gasteiger partial charge in [0, 0.05) is 82.1 Å². The first-order valence-electron chi connectivity index (χ1n) is 13.0. The highest BCUT2D eigenvalue weighted by Gasteiger charge is 2.33. The Labute approximate surface area is 218 Å². The minimum Gasteiger partial charge on any atom is -0.353 e. The Kier molecular flexibility index (Phi) is 7.44. The molecule has 36 heavy (non-hydrogen) atoms. The maximum Gasteiger partial charge on any atom is 0.231 e. The highest BCUT2D eigenvalue weighted by Crippen LogP contribution is 2.37. The van der Waals surface area contributed by atoms with Crippen LogP contribution in [0.1, 0.15) is 48.9 Å². The Bertz CT molecular complexity index is 1090. The highest BCUT2D eigenvalue weighted by atomic mass is 35.5. The summed E-state index contributed by atoms with van der Waals surface area (Å²) < 4.78 is 0. The zero-order chi connectivity index (χ0) is 25.2. The molecule has 1 aromatic carbocycles. The van der Waals surface area contributed by atoms with E-state index in [1.807, 2.05) is 34.1 Å². The predicted octanol–water partition coefficient (Wildman–Crippen LogP) is 2.78. The summed E-state index contributed by atoms with van der Waals surface area (Å²) in [6.45, 7) is 10.4. The van der Waals surface area contributed by atoms with Crippen molar-refractivity contribution < 1.29 is 9.59 Å². The third-order valence-electron chi connectivity index (χ3n) is 7.97. The lowest BCUT2D eigenvalue weighted by Crippen LogP contribution is -2.53. The first-order chi connectivity index (χ1) is 17.4. The van der Waals surface area contributed by atoms with E-state index < -0.39 is 0 Å². The van der Waals surface area contributed by atoms with Crippen molar-refractivity contribution in [2.24, 2.45) is 0 Å². The van der Waals surface area contributed by atoms with E-state index in [1.54, 1.807) is 13.3 Å². The standard InChI is InChI=1S/C27H35ClN6O2/c1-19-3-8-24-25(19)26(30-18-29-24)33-13-15-34(16-14-33)27(36)23(21-4-6-22(28)7-5-21)17-31-9-11-32(12-10-31)20(2)35/h4-7,18-19,23H,3,8-17H2,1-2H3/t19-,23+/m1/s1. The van der Waals surface area contributed by atoms with Gasteiger partial charge in [0.15, 0.2) is 0 Å². The number of hydrogen-bond acceptors (Lipinski definition) is 6. The van der Waals surface area contributed by atoms with Crippen molar-refractivity contribution in [2.75, 3.05) is 63.8 Å². The van der Waals surface area contributed by atoms with E-state index in [9.17, 15) is 9.59 Å². The second-order valence-corrected chi connectivity index (χ2v) is 10.7. The van der Waals surface area contributed by atoms with Gasteiger partial charge in [0.05, 0.1) is 5.92 Å². The van der Waals surface area contributed by atoms with Crippen LogP contribution in [0.15, 0.2) is 30.6 Å². The number of benzene rings is 1. The number of amides is 2. The molecule has 1 aromatic heterocycles. The molecule has 2 aliphatic heterocycles. The summed E-state index contributed by atoms with van der Waals surface area (Å²) in [7, 11) is 0. The Balaban J connectivity index is 1.27. The molecular weight excluding hydrogens is 476 g/mol. The molecule has 2 atom stereocenters. The summed E-state index contributed by atoms with van der Waals surface area (Å²) in [5.41, 5.74) is 3.46. The average Bonchev–Trinajstić information content (AvgIpc) is 3.29. The number of carbonyl (C=O) groups excluding carboxylic acids is 2. The largest absolute Gasteiger partial charge is 0.353 e. The van der Waals surface area contributed by atoms with Gasteiger partial charge >= 0.3 is 0 Å². The molecule has 0 saturated carbocycles. The van der Waals surface area contributed by atoms with Crippen molar-refractivity contribution in [3.8, 4) is 0 Å². The lowest BCUT2D eigenvalue weighted by molar-refractivity contribution is -0.135. The molecule has 192 valence electrons. The van der Waals surface area contributed by atoms with Crippen molar-refractivity contribution in [3.63, 3.8) is 0 Å². The number of piperazine rings is 2. The summed E-state index contributed by atoms with van der Waals surface area (Å²) in [6, 6.07) is 7.66. The number of hydrogen-bond donors (Lipinski definition) is 0. The van der Waals surface area contributed by atoms with Crippen LogP contribution in [0.5, 0.6) is 0 Å². The first-order valence-corrected chi connectivity index (χ1v) is 13.4. The summed E-state index contributed by atoms with van der Waals surface area (Å²) in [6.07, 6.45) is 3.84. The molecule has 0 radical (unpaired) electrons. The van der Waals surface area contributed by atoms with E-state index in [0.29, 0.717) is 43.7 Å². The number of aromatic nitrogens is 2. The predicted molar refractivity (Wildman–Crippen MR) is 140 cm³/mol. The number of carbonyl (C=O) groups is 2. The van der Waals surface area contributed by atoms with Gasteiger partial charge in [-0.15, -0.1) is 0 Å². The first kappa shape index (κ1) is 25.0. The maximum absolute atomic E-state index is 13.9. The van der Waals surface area contributed by atoms with Crippen LogP contribution in [0.25, 0.3) is 0 Å². The van der Waals surface area contributed by atoms with Gasteiger partial charge < -0.3 is 14.7 Å². The van der Waals surface area contributed by atoms with Crippen molar-refractivity contribution >= 4 is 29.2 Å².